The maximum Gasteiger partial charge on any atom is 0.315 e. The molecule has 1 heterocycles. The van der Waals surface area contributed by atoms with Crippen LogP contribution in [0.4, 0.5) is 4.79 Å². The van der Waals surface area contributed by atoms with E-state index in [1.807, 2.05) is 6.92 Å². The van der Waals surface area contributed by atoms with E-state index in [-0.39, 0.29) is 23.9 Å². The fraction of sp³-hybridized carbons (Fsp3) is 0.786. The van der Waals surface area contributed by atoms with E-state index in [1.54, 1.807) is 6.92 Å². The lowest BCUT2D eigenvalue weighted by Crippen LogP contribution is -2.53. The van der Waals surface area contributed by atoms with Crippen LogP contribution in [0.1, 0.15) is 46.0 Å². The summed E-state index contributed by atoms with van der Waals surface area (Å²) in [5, 5.41) is 16.9. The molecule has 1 aliphatic rings. The highest BCUT2D eigenvalue weighted by Gasteiger charge is 2.23. The van der Waals surface area contributed by atoms with Crippen molar-refractivity contribution in [1.82, 2.24) is 16.0 Å². The molecule has 0 spiro atoms. The molecule has 0 saturated carbocycles. The topological polar surface area (TPSA) is 108 Å². The summed E-state index contributed by atoms with van der Waals surface area (Å²) in [5.74, 6) is -1.30. The van der Waals surface area contributed by atoms with Crippen molar-refractivity contribution >= 4 is 17.9 Å². The minimum absolute atomic E-state index is 0.0577. The molecule has 120 valence electrons. The summed E-state index contributed by atoms with van der Waals surface area (Å²) in [6.45, 7) is 4.21. The maximum absolute atomic E-state index is 11.8. The van der Waals surface area contributed by atoms with E-state index in [9.17, 15) is 14.4 Å². The molecule has 0 aromatic heterocycles. The zero-order chi connectivity index (χ0) is 15.8. The number of piperidine rings is 1. The van der Waals surface area contributed by atoms with E-state index in [0.29, 0.717) is 25.8 Å². The first-order valence-corrected chi connectivity index (χ1v) is 7.47. The van der Waals surface area contributed by atoms with Gasteiger partial charge in [0, 0.05) is 12.6 Å². The van der Waals surface area contributed by atoms with Crippen LogP contribution in [0.2, 0.25) is 0 Å². The molecule has 3 atom stereocenters. The Balaban J connectivity index is 2.21. The van der Waals surface area contributed by atoms with E-state index in [4.69, 9.17) is 5.11 Å². The highest BCUT2D eigenvalue weighted by Crippen LogP contribution is 2.09. The van der Waals surface area contributed by atoms with Crippen molar-refractivity contribution in [2.45, 2.75) is 58.0 Å². The zero-order valence-corrected chi connectivity index (χ0v) is 12.6. The van der Waals surface area contributed by atoms with Crippen molar-refractivity contribution in [3.05, 3.63) is 0 Å². The predicted molar refractivity (Wildman–Crippen MR) is 77.8 cm³/mol. The molecule has 1 fully saturated rings. The summed E-state index contributed by atoms with van der Waals surface area (Å²) < 4.78 is 0. The van der Waals surface area contributed by atoms with Crippen molar-refractivity contribution in [3.63, 3.8) is 0 Å². The van der Waals surface area contributed by atoms with Gasteiger partial charge in [0.2, 0.25) is 5.91 Å². The third-order valence-corrected chi connectivity index (χ3v) is 3.66. The highest BCUT2D eigenvalue weighted by atomic mass is 16.4. The molecule has 21 heavy (non-hydrogen) atoms. The lowest BCUT2D eigenvalue weighted by Gasteiger charge is -2.24. The lowest BCUT2D eigenvalue weighted by atomic mass is 10.0. The average Bonchev–Trinajstić information content (AvgIpc) is 2.41. The van der Waals surface area contributed by atoms with Crippen LogP contribution >= 0.6 is 0 Å². The van der Waals surface area contributed by atoms with Gasteiger partial charge >= 0.3 is 12.0 Å². The number of carboxylic acids is 1. The molecular weight excluding hydrogens is 274 g/mol. The van der Waals surface area contributed by atoms with Crippen LogP contribution in [0, 0.1) is 5.92 Å². The number of hydrogen-bond donors (Lipinski definition) is 4. The number of carboxylic acid groups (broad SMARTS) is 1. The van der Waals surface area contributed by atoms with Crippen molar-refractivity contribution in [1.29, 1.82) is 0 Å². The Morgan fingerprint density at radius 3 is 2.71 bits per heavy atom. The van der Waals surface area contributed by atoms with E-state index in [2.05, 4.69) is 16.0 Å². The van der Waals surface area contributed by atoms with Gasteiger partial charge in [0.1, 0.15) is 6.04 Å². The second-order valence-electron chi connectivity index (χ2n) is 5.67. The first-order chi connectivity index (χ1) is 9.90. The third kappa shape index (κ3) is 6.46. The Morgan fingerprint density at radius 1 is 1.38 bits per heavy atom. The Hall–Kier alpha value is -1.79. The molecule has 0 aromatic rings. The van der Waals surface area contributed by atoms with Crippen molar-refractivity contribution < 1.29 is 19.5 Å². The van der Waals surface area contributed by atoms with Crippen LogP contribution in [0.15, 0.2) is 0 Å². The summed E-state index contributed by atoms with van der Waals surface area (Å²) in [4.78, 5) is 34.0. The molecule has 0 aromatic carbocycles. The molecule has 1 rings (SSSR count). The molecule has 4 N–H and O–H groups in total. The quantitative estimate of drug-likeness (QED) is 0.559. The zero-order valence-electron chi connectivity index (χ0n) is 12.6. The summed E-state index contributed by atoms with van der Waals surface area (Å²) in [6, 6.07) is -0.869. The third-order valence-electron chi connectivity index (χ3n) is 3.66. The number of hydrogen-bond acceptors (Lipinski definition) is 3. The first-order valence-electron chi connectivity index (χ1n) is 7.47. The summed E-state index contributed by atoms with van der Waals surface area (Å²) >= 11 is 0. The number of nitrogens with one attached hydrogen (secondary N) is 3. The van der Waals surface area contributed by atoms with E-state index < -0.39 is 12.0 Å². The summed E-state index contributed by atoms with van der Waals surface area (Å²) in [6.07, 6.45) is 3.55. The molecule has 1 aliphatic heterocycles. The van der Waals surface area contributed by atoms with Crippen LogP contribution in [0.3, 0.4) is 0 Å². The largest absolute Gasteiger partial charge is 0.481 e. The van der Waals surface area contributed by atoms with Gasteiger partial charge in [-0.1, -0.05) is 13.3 Å². The molecule has 3 amide bonds. The standard InChI is InChI=1S/C14H25N3O4/c1-9(13(19)20)5-3-6-10(2)16-14(21)17-11-7-4-8-15-12(11)18/h9-11H,3-8H2,1-2H3,(H,15,18)(H,19,20)(H2,16,17,21). The van der Waals surface area contributed by atoms with E-state index in [1.165, 1.54) is 0 Å². The van der Waals surface area contributed by atoms with Gasteiger partial charge in [0.25, 0.3) is 0 Å². The number of aliphatic carboxylic acids is 1. The number of rotatable bonds is 7. The minimum atomic E-state index is -0.795. The normalized spacial score (nSPS) is 21.0. The lowest BCUT2D eigenvalue weighted by molar-refractivity contribution is -0.141. The van der Waals surface area contributed by atoms with Gasteiger partial charge in [-0.25, -0.2) is 4.79 Å². The maximum atomic E-state index is 11.8. The minimum Gasteiger partial charge on any atom is -0.481 e. The van der Waals surface area contributed by atoms with E-state index >= 15 is 0 Å². The Morgan fingerprint density at radius 2 is 2.10 bits per heavy atom. The molecule has 3 unspecified atom stereocenters. The number of amides is 3. The molecule has 0 aliphatic carbocycles. The van der Waals surface area contributed by atoms with Crippen LogP contribution in [-0.4, -0.2) is 41.6 Å². The van der Waals surface area contributed by atoms with Gasteiger partial charge in [-0.2, -0.15) is 0 Å². The number of carbonyl (C=O) groups excluding carboxylic acids is 2. The Bertz CT molecular complexity index is 386. The second kappa shape index (κ2) is 8.49. The van der Waals surface area contributed by atoms with Crippen LogP contribution < -0.4 is 16.0 Å². The van der Waals surface area contributed by atoms with E-state index in [0.717, 1.165) is 12.8 Å². The molecule has 0 bridgehead atoms. The fourth-order valence-corrected chi connectivity index (χ4v) is 2.26. The molecule has 7 nitrogen and oxygen atoms in total. The summed E-state index contributed by atoms with van der Waals surface area (Å²) in [7, 11) is 0. The SMILES string of the molecule is CC(CCCC(C)C(=O)O)NC(=O)NC1CCCNC1=O. The first kappa shape index (κ1) is 17.3. The molecule has 0 radical (unpaired) electrons. The molecule has 1 saturated heterocycles. The van der Waals surface area contributed by atoms with Gasteiger partial charge in [-0.15, -0.1) is 0 Å². The van der Waals surface area contributed by atoms with Gasteiger partial charge in [0.15, 0.2) is 0 Å². The van der Waals surface area contributed by atoms with Crippen molar-refractivity contribution in [2.75, 3.05) is 6.54 Å². The monoisotopic (exact) mass is 299 g/mol. The van der Waals surface area contributed by atoms with Crippen molar-refractivity contribution in [2.24, 2.45) is 5.92 Å². The van der Waals surface area contributed by atoms with Gasteiger partial charge in [0.05, 0.1) is 5.92 Å². The number of urea groups is 1. The van der Waals surface area contributed by atoms with Crippen LogP contribution in [0.5, 0.6) is 0 Å². The summed E-state index contributed by atoms with van der Waals surface area (Å²) in [5.41, 5.74) is 0. The molecular formula is C14H25N3O4. The number of carbonyl (C=O) groups is 3. The average molecular weight is 299 g/mol. The van der Waals surface area contributed by atoms with Gasteiger partial charge in [-0.3, -0.25) is 9.59 Å². The Labute approximate surface area is 124 Å². The second-order valence-corrected chi connectivity index (χ2v) is 5.67. The smallest absolute Gasteiger partial charge is 0.315 e. The van der Waals surface area contributed by atoms with Gasteiger partial charge in [-0.05, 0) is 32.6 Å². The highest BCUT2D eigenvalue weighted by molar-refractivity contribution is 5.87. The fourth-order valence-electron chi connectivity index (χ4n) is 2.26. The predicted octanol–water partition coefficient (Wildman–Crippen LogP) is 0.844. The van der Waals surface area contributed by atoms with Crippen LogP contribution in [-0.2, 0) is 9.59 Å². The van der Waals surface area contributed by atoms with Crippen LogP contribution in [0.25, 0.3) is 0 Å². The Kier molecular flexibility index (Phi) is 6.98. The van der Waals surface area contributed by atoms with Gasteiger partial charge < -0.3 is 21.1 Å². The van der Waals surface area contributed by atoms with Crippen molar-refractivity contribution in [3.8, 4) is 0 Å². The molecule has 7 heteroatoms.